The number of rotatable bonds is 2. The predicted octanol–water partition coefficient (Wildman–Crippen LogP) is 1.18. The molecule has 1 aromatic heterocycles. The number of halogens is 2. The first-order valence-electron chi connectivity index (χ1n) is 3.48. The van der Waals surface area contributed by atoms with E-state index in [9.17, 15) is 4.79 Å². The van der Waals surface area contributed by atoms with Gasteiger partial charge in [0.15, 0.2) is 0 Å². The van der Waals surface area contributed by atoms with E-state index in [0.29, 0.717) is 5.56 Å². The highest BCUT2D eigenvalue weighted by atomic mass is 35.5. The van der Waals surface area contributed by atoms with Crippen molar-refractivity contribution in [3.8, 4) is 0 Å². The normalized spacial score (nSPS) is 13.0. The van der Waals surface area contributed by atoms with Gasteiger partial charge in [-0.25, -0.2) is 4.79 Å². The van der Waals surface area contributed by atoms with Crippen LogP contribution in [0.25, 0.3) is 0 Å². The molecule has 3 N–H and O–H groups in total. The summed E-state index contributed by atoms with van der Waals surface area (Å²) in [5.74, 6) is -1.05. The van der Waals surface area contributed by atoms with Crippen LogP contribution in [-0.2, 0) is 10.3 Å². The van der Waals surface area contributed by atoms with Crippen LogP contribution >= 0.6 is 24.8 Å². The van der Waals surface area contributed by atoms with Crippen molar-refractivity contribution in [3.63, 3.8) is 0 Å². The molecule has 0 saturated heterocycles. The molecule has 0 fully saturated rings. The van der Waals surface area contributed by atoms with Gasteiger partial charge in [-0.2, -0.15) is 0 Å². The molecule has 0 bridgehead atoms. The Kier molecular flexibility index (Phi) is 6.47. The molecular formula is C8H12Cl2N2O2. The Labute approximate surface area is 94.3 Å². The van der Waals surface area contributed by atoms with Crippen molar-refractivity contribution >= 4 is 30.8 Å². The van der Waals surface area contributed by atoms with Crippen LogP contribution in [0.3, 0.4) is 0 Å². The minimum absolute atomic E-state index is 0. The van der Waals surface area contributed by atoms with Crippen LogP contribution in [0, 0.1) is 0 Å². The molecule has 0 aliphatic carbocycles. The average Bonchev–Trinajstić information content (AvgIpc) is 2.06. The Morgan fingerprint density at radius 1 is 1.43 bits per heavy atom. The summed E-state index contributed by atoms with van der Waals surface area (Å²) in [6.07, 6.45) is 3.03. The predicted molar refractivity (Wildman–Crippen MR) is 57.9 cm³/mol. The van der Waals surface area contributed by atoms with Gasteiger partial charge in [-0.15, -0.1) is 24.8 Å². The maximum atomic E-state index is 10.7. The molecule has 1 rings (SSSR count). The molecule has 0 amide bonds. The van der Waals surface area contributed by atoms with E-state index in [1.54, 1.807) is 12.1 Å². The number of nitrogens with zero attached hydrogens (tertiary/aromatic N) is 1. The molecule has 0 saturated carbocycles. The molecule has 1 aromatic rings. The van der Waals surface area contributed by atoms with Crippen molar-refractivity contribution in [2.75, 3.05) is 0 Å². The fourth-order valence-corrected chi connectivity index (χ4v) is 0.822. The highest BCUT2D eigenvalue weighted by molar-refractivity contribution is 5.85. The lowest BCUT2D eigenvalue weighted by molar-refractivity contribution is -0.143. The molecule has 0 radical (unpaired) electrons. The molecule has 80 valence electrons. The second kappa shape index (κ2) is 5.80. The van der Waals surface area contributed by atoms with Crippen molar-refractivity contribution in [2.45, 2.75) is 12.5 Å². The average molecular weight is 239 g/mol. The van der Waals surface area contributed by atoms with Crippen LogP contribution < -0.4 is 5.73 Å². The van der Waals surface area contributed by atoms with E-state index in [-0.39, 0.29) is 24.8 Å². The van der Waals surface area contributed by atoms with Crippen LogP contribution in [0.15, 0.2) is 24.5 Å². The number of carbonyl (C=O) groups is 1. The molecular weight excluding hydrogens is 227 g/mol. The van der Waals surface area contributed by atoms with E-state index < -0.39 is 11.5 Å². The summed E-state index contributed by atoms with van der Waals surface area (Å²) in [5, 5.41) is 8.75. The van der Waals surface area contributed by atoms with Gasteiger partial charge >= 0.3 is 5.97 Å². The molecule has 0 aliphatic rings. The zero-order valence-electron chi connectivity index (χ0n) is 7.51. The standard InChI is InChI=1S/C8H10N2O2.2ClH/c1-8(9,7(11)12)6-2-4-10-5-3-6;;/h2-5H,9H2,1H3,(H,11,12);2*1H. The maximum absolute atomic E-state index is 10.7. The van der Waals surface area contributed by atoms with Gasteiger partial charge in [0.05, 0.1) is 0 Å². The fourth-order valence-electron chi connectivity index (χ4n) is 0.822. The van der Waals surface area contributed by atoms with E-state index in [2.05, 4.69) is 4.98 Å². The van der Waals surface area contributed by atoms with Crippen molar-refractivity contribution in [2.24, 2.45) is 5.73 Å². The Morgan fingerprint density at radius 2 is 1.86 bits per heavy atom. The second-order valence-electron chi connectivity index (χ2n) is 2.74. The zero-order chi connectivity index (χ0) is 9.19. The van der Waals surface area contributed by atoms with Crippen molar-refractivity contribution in [1.29, 1.82) is 0 Å². The molecule has 1 unspecified atom stereocenters. The van der Waals surface area contributed by atoms with Gasteiger partial charge in [0.1, 0.15) is 5.54 Å². The highest BCUT2D eigenvalue weighted by Gasteiger charge is 2.29. The summed E-state index contributed by atoms with van der Waals surface area (Å²) in [6, 6.07) is 3.18. The summed E-state index contributed by atoms with van der Waals surface area (Å²) in [4.78, 5) is 14.4. The summed E-state index contributed by atoms with van der Waals surface area (Å²) in [5.41, 5.74) is 4.77. The van der Waals surface area contributed by atoms with Gasteiger partial charge < -0.3 is 10.8 Å². The third-order valence-electron chi connectivity index (χ3n) is 1.72. The summed E-state index contributed by atoms with van der Waals surface area (Å²) >= 11 is 0. The lowest BCUT2D eigenvalue weighted by Crippen LogP contribution is -2.41. The van der Waals surface area contributed by atoms with E-state index in [0.717, 1.165) is 0 Å². The number of carboxylic acid groups (broad SMARTS) is 1. The number of pyridine rings is 1. The molecule has 0 aromatic carbocycles. The zero-order valence-corrected chi connectivity index (χ0v) is 9.14. The SMILES string of the molecule is CC(N)(C(=O)O)c1ccncc1.Cl.Cl. The quantitative estimate of drug-likeness (QED) is 0.812. The second-order valence-corrected chi connectivity index (χ2v) is 2.74. The number of carboxylic acids is 1. The number of hydrogen-bond donors (Lipinski definition) is 2. The smallest absolute Gasteiger partial charge is 0.328 e. The van der Waals surface area contributed by atoms with Gasteiger partial charge in [0.2, 0.25) is 0 Å². The van der Waals surface area contributed by atoms with Crippen molar-refractivity contribution in [3.05, 3.63) is 30.1 Å². The van der Waals surface area contributed by atoms with Gasteiger partial charge in [0, 0.05) is 12.4 Å². The molecule has 1 heterocycles. The molecule has 0 aliphatic heterocycles. The first kappa shape index (κ1) is 15.6. The summed E-state index contributed by atoms with van der Waals surface area (Å²) in [6.45, 7) is 1.45. The Morgan fingerprint density at radius 3 is 2.21 bits per heavy atom. The number of aliphatic carboxylic acids is 1. The van der Waals surface area contributed by atoms with E-state index in [1.807, 2.05) is 0 Å². The lowest BCUT2D eigenvalue weighted by atomic mass is 9.95. The Balaban J connectivity index is 0. The largest absolute Gasteiger partial charge is 0.480 e. The highest BCUT2D eigenvalue weighted by Crippen LogP contribution is 2.15. The number of hydrogen-bond acceptors (Lipinski definition) is 3. The fraction of sp³-hybridized carbons (Fsp3) is 0.250. The van der Waals surface area contributed by atoms with E-state index in [4.69, 9.17) is 10.8 Å². The monoisotopic (exact) mass is 238 g/mol. The topological polar surface area (TPSA) is 76.2 Å². The van der Waals surface area contributed by atoms with Gasteiger partial charge in [0.25, 0.3) is 0 Å². The van der Waals surface area contributed by atoms with E-state index in [1.165, 1.54) is 19.3 Å². The van der Waals surface area contributed by atoms with Crippen LogP contribution in [0.1, 0.15) is 12.5 Å². The van der Waals surface area contributed by atoms with Gasteiger partial charge in [-0.1, -0.05) is 0 Å². The Bertz CT molecular complexity index is 291. The molecule has 0 spiro atoms. The van der Waals surface area contributed by atoms with Crippen molar-refractivity contribution in [1.82, 2.24) is 4.98 Å². The Hall–Kier alpha value is -0.840. The van der Waals surface area contributed by atoms with E-state index >= 15 is 0 Å². The first-order valence-corrected chi connectivity index (χ1v) is 3.48. The minimum Gasteiger partial charge on any atom is -0.480 e. The minimum atomic E-state index is -1.33. The third kappa shape index (κ3) is 3.14. The van der Waals surface area contributed by atoms with Gasteiger partial charge in [-0.3, -0.25) is 4.98 Å². The molecule has 1 atom stereocenters. The lowest BCUT2D eigenvalue weighted by Gasteiger charge is -2.18. The number of aromatic nitrogens is 1. The number of nitrogens with two attached hydrogens (primary N) is 1. The van der Waals surface area contributed by atoms with Crippen molar-refractivity contribution < 1.29 is 9.90 Å². The maximum Gasteiger partial charge on any atom is 0.328 e. The molecule has 6 heteroatoms. The summed E-state index contributed by atoms with van der Waals surface area (Å²) in [7, 11) is 0. The molecule has 4 nitrogen and oxygen atoms in total. The van der Waals surface area contributed by atoms with Crippen LogP contribution in [0.4, 0.5) is 0 Å². The van der Waals surface area contributed by atoms with Gasteiger partial charge in [-0.05, 0) is 24.6 Å². The summed E-state index contributed by atoms with van der Waals surface area (Å²) < 4.78 is 0. The molecule has 14 heavy (non-hydrogen) atoms. The third-order valence-corrected chi connectivity index (χ3v) is 1.72. The van der Waals surface area contributed by atoms with Crippen LogP contribution in [-0.4, -0.2) is 16.1 Å². The first-order chi connectivity index (χ1) is 5.55. The van der Waals surface area contributed by atoms with Crippen LogP contribution in [0.5, 0.6) is 0 Å². The van der Waals surface area contributed by atoms with Crippen LogP contribution in [0.2, 0.25) is 0 Å².